The lowest BCUT2D eigenvalue weighted by molar-refractivity contribution is -0.138. The van der Waals surface area contributed by atoms with Crippen molar-refractivity contribution in [2.24, 2.45) is 5.92 Å². The topological polar surface area (TPSA) is 71.0 Å². The summed E-state index contributed by atoms with van der Waals surface area (Å²) in [7, 11) is 3.32. The Morgan fingerprint density at radius 2 is 2.11 bits per heavy atom. The average molecular weight is 391 g/mol. The molecular formula is C22H34N2O4. The Bertz CT molecular complexity index is 681. The van der Waals surface area contributed by atoms with E-state index < -0.39 is 5.60 Å². The van der Waals surface area contributed by atoms with Crippen LogP contribution in [0.25, 0.3) is 0 Å². The number of nitrogens with one attached hydrogen (secondary N) is 1. The zero-order valence-corrected chi connectivity index (χ0v) is 17.4. The Hall–Kier alpha value is -1.79. The lowest BCUT2D eigenvalue weighted by atomic mass is 9.66. The van der Waals surface area contributed by atoms with E-state index in [1.54, 1.807) is 14.2 Å². The van der Waals surface area contributed by atoms with E-state index in [1.807, 2.05) is 25.1 Å². The van der Waals surface area contributed by atoms with Gasteiger partial charge in [-0.15, -0.1) is 0 Å². The van der Waals surface area contributed by atoms with Crippen LogP contribution in [0.4, 0.5) is 0 Å². The summed E-state index contributed by atoms with van der Waals surface area (Å²) in [5, 5.41) is 14.4. The number of nitrogens with zero attached hydrogens (tertiary/aromatic N) is 1. The molecule has 1 aromatic rings. The van der Waals surface area contributed by atoms with E-state index in [4.69, 9.17) is 9.47 Å². The number of piperidine rings is 1. The van der Waals surface area contributed by atoms with Crippen LogP contribution in [0.2, 0.25) is 0 Å². The van der Waals surface area contributed by atoms with Crippen LogP contribution in [0.1, 0.15) is 57.1 Å². The van der Waals surface area contributed by atoms with Crippen molar-refractivity contribution < 1.29 is 19.4 Å². The molecule has 0 bridgehead atoms. The zero-order chi connectivity index (χ0) is 20.1. The van der Waals surface area contributed by atoms with Crippen molar-refractivity contribution in [3.05, 3.63) is 23.8 Å². The van der Waals surface area contributed by atoms with E-state index >= 15 is 0 Å². The molecule has 3 unspecified atom stereocenters. The first-order chi connectivity index (χ1) is 13.5. The molecule has 6 heteroatoms. The first kappa shape index (κ1) is 20.9. The molecule has 156 valence electrons. The highest BCUT2D eigenvalue weighted by Gasteiger charge is 2.49. The minimum Gasteiger partial charge on any atom is -0.497 e. The third-order valence-electron chi connectivity index (χ3n) is 6.35. The Balaban J connectivity index is 1.97. The molecule has 1 aliphatic heterocycles. The SMILES string of the molecule is CCCNC(=O)CN1CCC2(O)CCCCC2C1c1cc(OC)ccc1OC. The molecule has 1 amide bonds. The number of ether oxygens (including phenoxy) is 2. The molecule has 1 heterocycles. The van der Waals surface area contributed by atoms with Crippen LogP contribution < -0.4 is 14.8 Å². The van der Waals surface area contributed by atoms with Crippen molar-refractivity contribution in [3.63, 3.8) is 0 Å². The zero-order valence-electron chi connectivity index (χ0n) is 17.4. The highest BCUT2D eigenvalue weighted by Crippen LogP contribution is 2.51. The second-order valence-electron chi connectivity index (χ2n) is 8.08. The molecule has 2 aliphatic rings. The Morgan fingerprint density at radius 3 is 2.82 bits per heavy atom. The summed E-state index contributed by atoms with van der Waals surface area (Å²) in [5.74, 6) is 1.65. The number of hydrogen-bond acceptors (Lipinski definition) is 5. The molecule has 0 aromatic heterocycles. The van der Waals surface area contributed by atoms with E-state index in [2.05, 4.69) is 10.2 Å². The molecule has 3 rings (SSSR count). The average Bonchev–Trinajstić information content (AvgIpc) is 2.71. The van der Waals surface area contributed by atoms with Crippen LogP contribution in [0, 0.1) is 5.92 Å². The summed E-state index contributed by atoms with van der Waals surface area (Å²) in [6.45, 7) is 3.76. The van der Waals surface area contributed by atoms with Crippen molar-refractivity contribution in [2.45, 2.75) is 57.1 Å². The van der Waals surface area contributed by atoms with Gasteiger partial charge in [-0.3, -0.25) is 9.69 Å². The molecular weight excluding hydrogens is 356 g/mol. The van der Waals surface area contributed by atoms with Crippen molar-refractivity contribution in [3.8, 4) is 11.5 Å². The van der Waals surface area contributed by atoms with Gasteiger partial charge in [-0.05, 0) is 43.9 Å². The van der Waals surface area contributed by atoms with Gasteiger partial charge in [0, 0.05) is 30.6 Å². The second-order valence-corrected chi connectivity index (χ2v) is 8.08. The van der Waals surface area contributed by atoms with Crippen LogP contribution in [-0.2, 0) is 4.79 Å². The molecule has 1 aliphatic carbocycles. The van der Waals surface area contributed by atoms with Crippen molar-refractivity contribution in [2.75, 3.05) is 33.9 Å². The molecule has 0 spiro atoms. The van der Waals surface area contributed by atoms with Gasteiger partial charge in [0.15, 0.2) is 0 Å². The number of fused-ring (bicyclic) bond motifs is 1. The molecule has 1 saturated heterocycles. The predicted octanol–water partition coefficient (Wildman–Crippen LogP) is 2.90. The van der Waals surface area contributed by atoms with E-state index in [1.165, 1.54) is 0 Å². The smallest absolute Gasteiger partial charge is 0.234 e. The van der Waals surface area contributed by atoms with Crippen LogP contribution in [0.3, 0.4) is 0 Å². The van der Waals surface area contributed by atoms with Gasteiger partial charge >= 0.3 is 0 Å². The maximum atomic E-state index is 12.5. The highest BCUT2D eigenvalue weighted by atomic mass is 16.5. The van der Waals surface area contributed by atoms with Gasteiger partial charge in [0.25, 0.3) is 0 Å². The fourth-order valence-corrected chi connectivity index (χ4v) is 4.91. The van der Waals surface area contributed by atoms with Crippen LogP contribution in [-0.4, -0.2) is 55.4 Å². The number of aliphatic hydroxyl groups is 1. The molecule has 2 fully saturated rings. The third-order valence-corrected chi connectivity index (χ3v) is 6.35. The number of hydrogen-bond donors (Lipinski definition) is 2. The van der Waals surface area contributed by atoms with Crippen molar-refractivity contribution in [1.29, 1.82) is 0 Å². The molecule has 0 radical (unpaired) electrons. The van der Waals surface area contributed by atoms with Gasteiger partial charge in [-0.25, -0.2) is 0 Å². The van der Waals surface area contributed by atoms with Gasteiger partial charge in [-0.1, -0.05) is 19.8 Å². The number of methoxy groups -OCH3 is 2. The second kappa shape index (κ2) is 9.14. The number of rotatable bonds is 7. The standard InChI is InChI=1S/C22H34N2O4/c1-4-12-23-20(25)15-24-13-11-22(26)10-6-5-7-18(22)21(24)17-14-16(27-2)8-9-19(17)28-3/h8-9,14,18,21,26H,4-7,10-13,15H2,1-3H3,(H,23,25). The summed E-state index contributed by atoms with van der Waals surface area (Å²) >= 11 is 0. The normalized spacial score (nSPS) is 27.7. The molecule has 1 aromatic carbocycles. The molecule has 2 N–H and O–H groups in total. The molecule has 6 nitrogen and oxygen atoms in total. The minimum absolute atomic E-state index is 0.0370. The van der Waals surface area contributed by atoms with E-state index in [0.717, 1.165) is 49.2 Å². The number of amides is 1. The number of carbonyl (C=O) groups excluding carboxylic acids is 1. The summed E-state index contributed by atoms with van der Waals surface area (Å²) in [6.07, 6.45) is 5.57. The number of likely N-dealkylation sites (tertiary alicyclic amines) is 1. The Morgan fingerprint density at radius 1 is 1.29 bits per heavy atom. The summed E-state index contributed by atoms with van der Waals surface area (Å²) in [6, 6.07) is 5.73. The summed E-state index contributed by atoms with van der Waals surface area (Å²) in [5.41, 5.74) is 0.322. The monoisotopic (exact) mass is 390 g/mol. The first-order valence-electron chi connectivity index (χ1n) is 10.5. The number of carbonyl (C=O) groups is 1. The van der Waals surface area contributed by atoms with E-state index in [-0.39, 0.29) is 17.9 Å². The summed E-state index contributed by atoms with van der Waals surface area (Å²) in [4.78, 5) is 14.7. The third kappa shape index (κ3) is 4.28. The van der Waals surface area contributed by atoms with Crippen molar-refractivity contribution in [1.82, 2.24) is 10.2 Å². The van der Waals surface area contributed by atoms with E-state index in [0.29, 0.717) is 26.1 Å². The van der Waals surface area contributed by atoms with Crippen LogP contribution in [0.15, 0.2) is 18.2 Å². The van der Waals surface area contributed by atoms with Crippen molar-refractivity contribution >= 4 is 5.91 Å². The van der Waals surface area contributed by atoms with Gasteiger partial charge in [-0.2, -0.15) is 0 Å². The largest absolute Gasteiger partial charge is 0.497 e. The van der Waals surface area contributed by atoms with Gasteiger partial charge in [0.05, 0.1) is 26.4 Å². The highest BCUT2D eigenvalue weighted by molar-refractivity contribution is 5.78. The van der Waals surface area contributed by atoms with Crippen LogP contribution in [0.5, 0.6) is 11.5 Å². The fourth-order valence-electron chi connectivity index (χ4n) is 4.91. The fraction of sp³-hybridized carbons (Fsp3) is 0.682. The Labute approximate surface area is 168 Å². The number of benzene rings is 1. The molecule has 28 heavy (non-hydrogen) atoms. The first-order valence-corrected chi connectivity index (χ1v) is 10.5. The quantitative estimate of drug-likeness (QED) is 0.749. The van der Waals surface area contributed by atoms with Gasteiger partial charge in [0.2, 0.25) is 5.91 Å². The predicted molar refractivity (Wildman–Crippen MR) is 109 cm³/mol. The Kier molecular flexibility index (Phi) is 6.83. The lowest BCUT2D eigenvalue weighted by Gasteiger charge is -2.52. The van der Waals surface area contributed by atoms with E-state index in [9.17, 15) is 9.90 Å². The molecule has 3 atom stereocenters. The minimum atomic E-state index is -0.673. The van der Waals surface area contributed by atoms with Gasteiger partial charge in [0.1, 0.15) is 11.5 Å². The lowest BCUT2D eigenvalue weighted by Crippen LogP contribution is -2.56. The molecule has 1 saturated carbocycles. The maximum Gasteiger partial charge on any atom is 0.234 e. The van der Waals surface area contributed by atoms with Gasteiger partial charge < -0.3 is 19.9 Å². The van der Waals surface area contributed by atoms with Crippen LogP contribution >= 0.6 is 0 Å². The summed E-state index contributed by atoms with van der Waals surface area (Å²) < 4.78 is 11.1. The maximum absolute atomic E-state index is 12.5.